The van der Waals surface area contributed by atoms with E-state index in [2.05, 4.69) is 12.2 Å². The summed E-state index contributed by atoms with van der Waals surface area (Å²) in [6.45, 7) is 2.82. The Labute approximate surface area is 127 Å². The van der Waals surface area contributed by atoms with Gasteiger partial charge in [0, 0.05) is 12.5 Å². The van der Waals surface area contributed by atoms with Crippen LogP contribution in [0.4, 0.5) is 0 Å². The van der Waals surface area contributed by atoms with Crippen LogP contribution in [0.15, 0.2) is 60.7 Å². The Morgan fingerprint density at radius 3 is 1.70 bits per heavy atom. The third-order valence-corrected chi connectivity index (χ3v) is 3.65. The second-order valence-corrected chi connectivity index (χ2v) is 4.96. The number of rotatable bonds is 5. The summed E-state index contributed by atoms with van der Waals surface area (Å²) >= 11 is 0. The monoisotopic (exact) mass is 291 g/mol. The van der Waals surface area contributed by atoms with E-state index in [0.717, 1.165) is 17.7 Å². The number of nitrogens with one attached hydrogen (secondary N) is 1. The summed E-state index contributed by atoms with van der Waals surface area (Å²) in [4.78, 5) is 0. The molecular weight excluding hydrogens is 270 g/mol. The maximum atomic E-state index is 11.3. The Morgan fingerprint density at radius 1 is 0.950 bits per heavy atom. The predicted molar refractivity (Wildman–Crippen MR) is 86.2 cm³/mol. The van der Waals surface area contributed by atoms with Crippen LogP contribution in [0.1, 0.15) is 18.1 Å². The molecule has 3 heteroatoms. The number of aliphatic hydroxyl groups is 1. The first kappa shape index (κ1) is 16.7. The van der Waals surface area contributed by atoms with Crippen molar-refractivity contribution in [3.8, 4) is 0 Å². The van der Waals surface area contributed by atoms with Crippen LogP contribution in [0, 0.1) is 5.92 Å². The van der Waals surface area contributed by atoms with Crippen LogP contribution in [-0.2, 0) is 5.60 Å². The van der Waals surface area contributed by atoms with Crippen molar-refractivity contribution in [3.05, 3.63) is 71.8 Å². The fraction of sp³-hybridized carbons (Fsp3) is 0.294. The molecule has 0 aliphatic carbocycles. The minimum absolute atomic E-state index is 0. The first-order valence-electron chi connectivity index (χ1n) is 6.67. The van der Waals surface area contributed by atoms with Crippen LogP contribution in [0.25, 0.3) is 0 Å². The van der Waals surface area contributed by atoms with E-state index in [4.69, 9.17) is 0 Å². The van der Waals surface area contributed by atoms with Gasteiger partial charge in [0.1, 0.15) is 5.60 Å². The third kappa shape index (κ3) is 3.21. The van der Waals surface area contributed by atoms with Crippen LogP contribution in [-0.4, -0.2) is 18.7 Å². The molecule has 0 aliphatic heterocycles. The highest BCUT2D eigenvalue weighted by Gasteiger charge is 2.36. The van der Waals surface area contributed by atoms with Gasteiger partial charge < -0.3 is 10.4 Å². The lowest BCUT2D eigenvalue weighted by atomic mass is 9.77. The molecule has 0 bridgehead atoms. The number of benzene rings is 2. The average molecular weight is 292 g/mol. The van der Waals surface area contributed by atoms with E-state index in [0.29, 0.717) is 0 Å². The molecule has 0 saturated carbocycles. The van der Waals surface area contributed by atoms with Crippen LogP contribution >= 0.6 is 12.4 Å². The van der Waals surface area contributed by atoms with Crippen LogP contribution in [0.2, 0.25) is 0 Å². The smallest absolute Gasteiger partial charge is 0.118 e. The Bertz CT molecular complexity index is 461. The molecule has 0 saturated heterocycles. The highest BCUT2D eigenvalue weighted by molar-refractivity contribution is 5.85. The molecule has 0 aliphatic rings. The summed E-state index contributed by atoms with van der Waals surface area (Å²) in [6, 6.07) is 19.8. The van der Waals surface area contributed by atoms with E-state index in [-0.39, 0.29) is 18.3 Å². The molecule has 0 amide bonds. The Kier molecular flexibility index (Phi) is 6.21. The van der Waals surface area contributed by atoms with Crippen molar-refractivity contribution in [3.63, 3.8) is 0 Å². The summed E-state index contributed by atoms with van der Waals surface area (Å²) in [5, 5.41) is 14.5. The van der Waals surface area contributed by atoms with Gasteiger partial charge in [0.25, 0.3) is 0 Å². The second-order valence-electron chi connectivity index (χ2n) is 4.96. The van der Waals surface area contributed by atoms with Crippen molar-refractivity contribution in [2.45, 2.75) is 12.5 Å². The Morgan fingerprint density at radius 2 is 1.35 bits per heavy atom. The molecule has 2 N–H and O–H groups in total. The minimum atomic E-state index is -0.967. The van der Waals surface area contributed by atoms with Crippen molar-refractivity contribution in [2.75, 3.05) is 13.6 Å². The third-order valence-electron chi connectivity index (χ3n) is 3.65. The molecule has 1 unspecified atom stereocenters. The predicted octanol–water partition coefficient (Wildman–Crippen LogP) is 3.20. The van der Waals surface area contributed by atoms with Gasteiger partial charge in [-0.25, -0.2) is 0 Å². The topological polar surface area (TPSA) is 32.3 Å². The summed E-state index contributed by atoms with van der Waals surface area (Å²) < 4.78 is 0. The van der Waals surface area contributed by atoms with Gasteiger partial charge in [0.05, 0.1) is 0 Å². The van der Waals surface area contributed by atoms with Crippen LogP contribution in [0.5, 0.6) is 0 Å². The number of hydrogen-bond donors (Lipinski definition) is 2. The van der Waals surface area contributed by atoms with Gasteiger partial charge in [-0.3, -0.25) is 0 Å². The highest BCUT2D eigenvalue weighted by atomic mass is 35.5. The lowest BCUT2D eigenvalue weighted by Gasteiger charge is -2.35. The van der Waals surface area contributed by atoms with Crippen LogP contribution in [0.3, 0.4) is 0 Å². The van der Waals surface area contributed by atoms with E-state index < -0.39 is 5.60 Å². The molecule has 20 heavy (non-hydrogen) atoms. The highest BCUT2D eigenvalue weighted by Crippen LogP contribution is 2.36. The van der Waals surface area contributed by atoms with Crippen LogP contribution < -0.4 is 5.32 Å². The van der Waals surface area contributed by atoms with Crippen molar-refractivity contribution in [1.82, 2.24) is 5.32 Å². The minimum Gasteiger partial charge on any atom is -0.380 e. The zero-order valence-corrected chi connectivity index (χ0v) is 12.7. The molecular formula is C17H22ClNO. The zero-order chi connectivity index (χ0) is 13.7. The van der Waals surface area contributed by atoms with Crippen molar-refractivity contribution in [1.29, 1.82) is 0 Å². The molecule has 2 nitrogen and oxygen atoms in total. The fourth-order valence-electron chi connectivity index (χ4n) is 2.57. The van der Waals surface area contributed by atoms with E-state index >= 15 is 0 Å². The molecule has 0 heterocycles. The number of hydrogen-bond acceptors (Lipinski definition) is 2. The maximum absolute atomic E-state index is 11.3. The Balaban J connectivity index is 0.00000200. The van der Waals surface area contributed by atoms with Gasteiger partial charge in [0.15, 0.2) is 0 Å². The van der Waals surface area contributed by atoms with Gasteiger partial charge >= 0.3 is 0 Å². The van der Waals surface area contributed by atoms with Crippen molar-refractivity contribution >= 4 is 12.4 Å². The normalized spacial score (nSPS) is 12.6. The molecule has 1 atom stereocenters. The standard InChI is InChI=1S/C17H21NO.ClH/c1-14(13-18-2)17(19,15-9-5-3-6-10-15)16-11-7-4-8-12-16;/h3-12,14,18-19H,13H2,1-2H3;1H. The SMILES string of the molecule is CNCC(C)C(O)(c1ccccc1)c1ccccc1.Cl. The molecule has 108 valence electrons. The van der Waals surface area contributed by atoms with Gasteiger partial charge in [-0.15, -0.1) is 12.4 Å². The lowest BCUT2D eigenvalue weighted by Crippen LogP contribution is -2.39. The first-order chi connectivity index (χ1) is 9.19. The number of halogens is 1. The van der Waals surface area contributed by atoms with Gasteiger partial charge in [-0.2, -0.15) is 0 Å². The maximum Gasteiger partial charge on any atom is 0.118 e. The van der Waals surface area contributed by atoms with E-state index in [1.165, 1.54) is 0 Å². The quantitative estimate of drug-likeness (QED) is 0.887. The van der Waals surface area contributed by atoms with Gasteiger partial charge in [-0.05, 0) is 18.2 Å². The molecule has 2 aromatic rings. The van der Waals surface area contributed by atoms with Crippen molar-refractivity contribution < 1.29 is 5.11 Å². The summed E-state index contributed by atoms with van der Waals surface area (Å²) in [7, 11) is 1.91. The molecule has 2 rings (SSSR count). The summed E-state index contributed by atoms with van der Waals surface area (Å²) in [6.07, 6.45) is 0. The molecule has 0 aromatic heterocycles. The van der Waals surface area contributed by atoms with Crippen molar-refractivity contribution in [2.24, 2.45) is 5.92 Å². The largest absolute Gasteiger partial charge is 0.380 e. The van der Waals surface area contributed by atoms with Gasteiger partial charge in [-0.1, -0.05) is 67.6 Å². The Hall–Kier alpha value is -1.35. The molecule has 0 fully saturated rings. The lowest BCUT2D eigenvalue weighted by molar-refractivity contribution is 0.0248. The molecule has 0 spiro atoms. The summed E-state index contributed by atoms with van der Waals surface area (Å²) in [5.41, 5.74) is 0.902. The zero-order valence-electron chi connectivity index (χ0n) is 11.9. The van der Waals surface area contributed by atoms with E-state index in [9.17, 15) is 5.11 Å². The van der Waals surface area contributed by atoms with E-state index in [1.807, 2.05) is 67.7 Å². The molecule has 2 aromatic carbocycles. The van der Waals surface area contributed by atoms with Gasteiger partial charge in [0.2, 0.25) is 0 Å². The first-order valence-corrected chi connectivity index (χ1v) is 6.67. The second kappa shape index (κ2) is 7.44. The average Bonchev–Trinajstić information content (AvgIpc) is 2.48. The van der Waals surface area contributed by atoms with E-state index in [1.54, 1.807) is 0 Å². The molecule has 0 radical (unpaired) electrons. The fourth-order valence-corrected chi connectivity index (χ4v) is 2.57. The summed E-state index contributed by atoms with van der Waals surface area (Å²) in [5.74, 6) is 0.0716.